The zero-order valence-electron chi connectivity index (χ0n) is 6.61. The first-order valence-electron chi connectivity index (χ1n) is 3.56. The Morgan fingerprint density at radius 1 is 1.00 bits per heavy atom. The average molecular weight is 145 g/mol. The molecule has 0 unspecified atom stereocenters. The molecular formula is C11H13. The van der Waals surface area contributed by atoms with Crippen LogP contribution in [0.5, 0.6) is 0 Å². The third-order valence-electron chi connectivity index (χ3n) is 0.989. The quantitative estimate of drug-likeness (QED) is 0.521. The summed E-state index contributed by atoms with van der Waals surface area (Å²) in [6, 6.07) is 0. The van der Waals surface area contributed by atoms with Gasteiger partial charge in [-0.25, -0.2) is 0 Å². The Bertz CT molecular complexity index is 180. The van der Waals surface area contributed by atoms with E-state index < -0.39 is 0 Å². The van der Waals surface area contributed by atoms with E-state index in [9.17, 15) is 0 Å². The molecule has 0 spiro atoms. The van der Waals surface area contributed by atoms with Crippen molar-refractivity contribution in [3.63, 3.8) is 0 Å². The van der Waals surface area contributed by atoms with Gasteiger partial charge in [-0.15, -0.1) is 0 Å². The molecule has 0 atom stereocenters. The molecule has 0 N–H and O–H groups in total. The van der Waals surface area contributed by atoms with E-state index in [1.807, 2.05) is 36.5 Å². The maximum Gasteiger partial charge on any atom is -0.0163 e. The summed E-state index contributed by atoms with van der Waals surface area (Å²) in [5.74, 6) is 0. The molecule has 0 aliphatic rings. The van der Waals surface area contributed by atoms with Gasteiger partial charge in [-0.3, -0.25) is 0 Å². The van der Waals surface area contributed by atoms with Crippen LogP contribution in [0.25, 0.3) is 0 Å². The second-order valence-corrected chi connectivity index (χ2v) is 1.91. The first-order valence-corrected chi connectivity index (χ1v) is 3.56. The van der Waals surface area contributed by atoms with Crippen LogP contribution in [0.15, 0.2) is 55.2 Å². The summed E-state index contributed by atoms with van der Waals surface area (Å²) in [6.45, 7) is 8.71. The minimum Gasteiger partial charge on any atom is -0.0991 e. The number of hydrogen-bond acceptors (Lipinski definition) is 0. The van der Waals surface area contributed by atoms with Gasteiger partial charge in [0.1, 0.15) is 0 Å². The molecule has 0 bridgehead atoms. The Morgan fingerprint density at radius 3 is 2.27 bits per heavy atom. The lowest BCUT2D eigenvalue weighted by atomic mass is 10.3. The van der Waals surface area contributed by atoms with E-state index in [0.29, 0.717) is 0 Å². The standard InChI is InChI=1S/C11H13/c1-3-5-7-9-11-10-8-6-4-2/h1,3-4,6-11H,2,5H2. The molecular weight excluding hydrogens is 132 g/mol. The Kier molecular flexibility index (Phi) is 7.67. The molecule has 0 aromatic rings. The second-order valence-electron chi connectivity index (χ2n) is 1.91. The van der Waals surface area contributed by atoms with Gasteiger partial charge < -0.3 is 0 Å². The molecule has 0 aromatic carbocycles. The zero-order valence-corrected chi connectivity index (χ0v) is 6.61. The summed E-state index contributed by atoms with van der Waals surface area (Å²) in [5, 5.41) is 0. The van der Waals surface area contributed by atoms with Gasteiger partial charge in [0.15, 0.2) is 0 Å². The van der Waals surface area contributed by atoms with Crippen LogP contribution >= 0.6 is 0 Å². The molecule has 0 amide bonds. The molecule has 1 radical (unpaired) electrons. The van der Waals surface area contributed by atoms with Crippen molar-refractivity contribution in [2.24, 2.45) is 0 Å². The van der Waals surface area contributed by atoms with Gasteiger partial charge in [-0.05, 0) is 6.42 Å². The van der Waals surface area contributed by atoms with Crippen LogP contribution in [0.4, 0.5) is 0 Å². The van der Waals surface area contributed by atoms with Crippen molar-refractivity contribution in [3.8, 4) is 0 Å². The fraction of sp³-hybridized carbons (Fsp3) is 0.0909. The van der Waals surface area contributed by atoms with Crippen molar-refractivity contribution in [2.75, 3.05) is 0 Å². The second kappa shape index (κ2) is 8.70. The lowest BCUT2D eigenvalue weighted by Crippen LogP contribution is -1.53. The molecule has 0 aliphatic heterocycles. The van der Waals surface area contributed by atoms with Gasteiger partial charge in [0, 0.05) is 0 Å². The molecule has 0 rings (SSSR count). The fourth-order valence-electron chi connectivity index (χ4n) is 0.507. The van der Waals surface area contributed by atoms with E-state index in [0.717, 1.165) is 6.42 Å². The van der Waals surface area contributed by atoms with Crippen LogP contribution < -0.4 is 0 Å². The van der Waals surface area contributed by atoms with Crippen molar-refractivity contribution in [2.45, 2.75) is 6.42 Å². The van der Waals surface area contributed by atoms with E-state index in [1.165, 1.54) is 0 Å². The summed E-state index contributed by atoms with van der Waals surface area (Å²) >= 11 is 0. The molecule has 0 fully saturated rings. The predicted octanol–water partition coefficient (Wildman–Crippen LogP) is 3.22. The van der Waals surface area contributed by atoms with Crippen LogP contribution in [-0.2, 0) is 0 Å². The molecule has 0 heterocycles. The van der Waals surface area contributed by atoms with E-state index in [1.54, 1.807) is 12.2 Å². The molecule has 0 saturated heterocycles. The lowest BCUT2D eigenvalue weighted by Gasteiger charge is -1.75. The highest BCUT2D eigenvalue weighted by Gasteiger charge is 1.63. The summed E-state index contributed by atoms with van der Waals surface area (Å²) < 4.78 is 0. The average Bonchev–Trinajstić information content (AvgIpc) is 2.03. The van der Waals surface area contributed by atoms with E-state index >= 15 is 0 Å². The molecule has 0 aromatic heterocycles. The Labute approximate surface area is 68.9 Å². The maximum atomic E-state index is 5.16. The van der Waals surface area contributed by atoms with Crippen LogP contribution in [0.2, 0.25) is 0 Å². The number of rotatable bonds is 5. The highest BCUT2D eigenvalue weighted by atomic mass is 13.7. The summed E-state index contributed by atoms with van der Waals surface area (Å²) in [5.41, 5.74) is 0. The van der Waals surface area contributed by atoms with Crippen LogP contribution in [0.1, 0.15) is 6.42 Å². The highest BCUT2D eigenvalue weighted by molar-refractivity contribution is 5.14. The Balaban J connectivity index is 3.50. The summed E-state index contributed by atoms with van der Waals surface area (Å²) in [7, 11) is 0. The summed E-state index contributed by atoms with van der Waals surface area (Å²) in [6.07, 6.45) is 15.8. The molecule has 57 valence electrons. The van der Waals surface area contributed by atoms with E-state index in [-0.39, 0.29) is 0 Å². The summed E-state index contributed by atoms with van der Waals surface area (Å²) in [4.78, 5) is 0. The van der Waals surface area contributed by atoms with Crippen molar-refractivity contribution in [1.82, 2.24) is 0 Å². The van der Waals surface area contributed by atoms with Gasteiger partial charge in [-0.1, -0.05) is 61.8 Å². The van der Waals surface area contributed by atoms with Crippen LogP contribution in [-0.4, -0.2) is 0 Å². The van der Waals surface area contributed by atoms with Gasteiger partial charge in [0.05, 0.1) is 0 Å². The predicted molar refractivity (Wildman–Crippen MR) is 51.1 cm³/mol. The normalized spacial score (nSPS) is 11.6. The van der Waals surface area contributed by atoms with Crippen LogP contribution in [0.3, 0.4) is 0 Å². The molecule has 11 heavy (non-hydrogen) atoms. The SMILES string of the molecule is [CH]=CCC=CC=CC=CC=C. The minimum absolute atomic E-state index is 0.815. The van der Waals surface area contributed by atoms with Crippen molar-refractivity contribution >= 4 is 0 Å². The Morgan fingerprint density at radius 2 is 1.64 bits per heavy atom. The third-order valence-corrected chi connectivity index (χ3v) is 0.989. The van der Waals surface area contributed by atoms with Crippen LogP contribution in [0, 0.1) is 6.58 Å². The lowest BCUT2D eigenvalue weighted by molar-refractivity contribution is 1.40. The monoisotopic (exact) mass is 145 g/mol. The zero-order chi connectivity index (χ0) is 8.36. The van der Waals surface area contributed by atoms with E-state index in [2.05, 4.69) is 6.58 Å². The van der Waals surface area contributed by atoms with Gasteiger partial charge >= 0.3 is 0 Å². The minimum atomic E-state index is 0.815. The van der Waals surface area contributed by atoms with E-state index in [4.69, 9.17) is 6.58 Å². The molecule has 0 heteroatoms. The molecule has 0 saturated carbocycles. The van der Waals surface area contributed by atoms with Crippen molar-refractivity contribution in [1.29, 1.82) is 0 Å². The smallest absolute Gasteiger partial charge is 0.0163 e. The Hall–Kier alpha value is -1.30. The maximum absolute atomic E-state index is 5.16. The number of hydrogen-bond donors (Lipinski definition) is 0. The highest BCUT2D eigenvalue weighted by Crippen LogP contribution is 1.84. The molecule has 0 aliphatic carbocycles. The first kappa shape index (κ1) is 9.70. The topological polar surface area (TPSA) is 0 Å². The third kappa shape index (κ3) is 8.70. The molecule has 0 nitrogen and oxygen atoms in total. The van der Waals surface area contributed by atoms with Gasteiger partial charge in [0.2, 0.25) is 0 Å². The van der Waals surface area contributed by atoms with Gasteiger partial charge in [-0.2, -0.15) is 0 Å². The fourth-order valence-corrected chi connectivity index (χ4v) is 0.507. The first-order chi connectivity index (χ1) is 5.41. The van der Waals surface area contributed by atoms with Crippen molar-refractivity contribution in [3.05, 3.63) is 61.8 Å². The largest absolute Gasteiger partial charge is 0.0991 e. The number of allylic oxidation sites excluding steroid dienone is 8. The van der Waals surface area contributed by atoms with Gasteiger partial charge in [0.25, 0.3) is 0 Å². The van der Waals surface area contributed by atoms with Crippen molar-refractivity contribution < 1.29 is 0 Å².